The third-order valence-corrected chi connectivity index (χ3v) is 7.55. The maximum absolute atomic E-state index is 12.7. The van der Waals surface area contributed by atoms with E-state index in [-0.39, 0.29) is 21.4 Å². The smallest absolute Gasteiger partial charge is 0.188 e. The molecule has 1 aliphatic heterocycles. The van der Waals surface area contributed by atoms with Gasteiger partial charge in [0, 0.05) is 70.8 Å². The highest BCUT2D eigenvalue weighted by Gasteiger charge is 2.54. The summed E-state index contributed by atoms with van der Waals surface area (Å²) in [6.45, 7) is 18.4. The molecule has 6 nitrogen and oxygen atoms in total. The molecule has 0 fully saturated rings. The Morgan fingerprint density at radius 3 is 1.96 bits per heavy atom. The first-order valence-corrected chi connectivity index (χ1v) is 16.8. The Bertz CT molecular complexity index is 1750. The summed E-state index contributed by atoms with van der Waals surface area (Å²) >= 11 is 0. The van der Waals surface area contributed by atoms with Crippen molar-refractivity contribution in [3.05, 3.63) is 161 Å². The van der Waals surface area contributed by atoms with Crippen molar-refractivity contribution >= 4 is 17.3 Å². The first kappa shape index (κ1) is 39.6. The van der Waals surface area contributed by atoms with E-state index in [1.165, 1.54) is 23.6 Å². The van der Waals surface area contributed by atoms with Crippen molar-refractivity contribution in [3.8, 4) is 12.3 Å². The van der Waals surface area contributed by atoms with E-state index in [9.17, 15) is 9.59 Å². The normalized spacial score (nSPS) is 13.6. The van der Waals surface area contributed by atoms with Crippen molar-refractivity contribution in [1.82, 2.24) is 15.3 Å². The van der Waals surface area contributed by atoms with Gasteiger partial charge in [0.05, 0.1) is 5.54 Å². The Hall–Kier alpha value is -5.54. The minimum absolute atomic E-state index is 0. The van der Waals surface area contributed by atoms with Crippen LogP contribution in [0.3, 0.4) is 0 Å². The number of carbonyl (C=O) groups is 2. The van der Waals surface area contributed by atoms with E-state index in [4.69, 9.17) is 6.42 Å². The number of benzene rings is 1. The van der Waals surface area contributed by atoms with E-state index in [0.29, 0.717) is 23.1 Å². The summed E-state index contributed by atoms with van der Waals surface area (Å²) in [7, 11) is 0. The standard InChI is InChI=1S/C28H23N3O.C7H7NO.C4H8.2C2H6.3H2/c1-3-20-15-22(14-19(2)27(32)23-8-12-30-13-9-23)17-24(16-20)31-28(25-4-5-26(25)28)18-21-6-10-29-11-7-21;1-6(9)7-2-4-8-5-3-7;1-3-4-2;2*1-2;;;/h1,4-10,12-13,15-17,29,31H,2,11,14,18H2;2-5H,1H3;3-4H,1-2H3;2*1-2H3;3*1H/b;;4-3-;;;;;. The fourth-order valence-electron chi connectivity index (χ4n) is 5.01. The molecule has 3 aromatic rings. The molecule has 3 heterocycles. The number of nitrogens with zero attached hydrogens (tertiary/aromatic N) is 2. The SMILES string of the molecule is C#Cc1cc(CC(=C)C(=O)c2ccncc2)cc(NC2(CC3=CCNC=C3)C3=C2C=C3)c1.C/C=C\C.CC.CC.CC(=O)c1ccncc1.[HH].[HH].[HH]. The molecule has 2 aromatic heterocycles. The fourth-order valence-corrected chi connectivity index (χ4v) is 5.01. The highest BCUT2D eigenvalue weighted by Crippen LogP contribution is 2.57. The molecule has 0 bridgehead atoms. The number of aromatic nitrogens is 2. The van der Waals surface area contributed by atoms with E-state index < -0.39 is 0 Å². The van der Waals surface area contributed by atoms with Gasteiger partial charge in [0.25, 0.3) is 0 Å². The molecule has 0 spiro atoms. The van der Waals surface area contributed by atoms with Crippen LogP contribution in [0.5, 0.6) is 0 Å². The largest absolute Gasteiger partial charge is 0.387 e. The second kappa shape index (κ2) is 20.6. The van der Waals surface area contributed by atoms with E-state index >= 15 is 0 Å². The number of Topliss-reactive ketones (excluding diaryl/α,β-unsaturated/α-hetero) is 2. The number of allylic oxidation sites excluding steroid dienone is 4. The van der Waals surface area contributed by atoms with Crippen molar-refractivity contribution in [1.29, 1.82) is 0 Å². The maximum atomic E-state index is 12.7. The highest BCUT2D eigenvalue weighted by molar-refractivity contribution is 6.08. The van der Waals surface area contributed by atoms with Gasteiger partial charge < -0.3 is 10.6 Å². The zero-order valence-corrected chi connectivity index (χ0v) is 30.0. The minimum Gasteiger partial charge on any atom is -0.387 e. The highest BCUT2D eigenvalue weighted by atomic mass is 16.1. The molecule has 3 aliphatic rings. The molecule has 2 aliphatic carbocycles. The van der Waals surface area contributed by atoms with Gasteiger partial charge in [0.2, 0.25) is 0 Å². The zero-order chi connectivity index (χ0) is 36.2. The Morgan fingerprint density at radius 1 is 0.939 bits per heavy atom. The number of ketones is 2. The van der Waals surface area contributed by atoms with E-state index in [0.717, 1.165) is 29.8 Å². The van der Waals surface area contributed by atoms with Crippen LogP contribution in [0.4, 0.5) is 5.69 Å². The van der Waals surface area contributed by atoms with Crippen LogP contribution in [0, 0.1) is 12.3 Å². The summed E-state index contributed by atoms with van der Waals surface area (Å²) in [5, 5.41) is 6.94. The number of anilines is 1. The van der Waals surface area contributed by atoms with E-state index in [2.05, 4.69) is 63.5 Å². The van der Waals surface area contributed by atoms with E-state index in [1.807, 2.05) is 72.0 Å². The quantitative estimate of drug-likeness (QED) is 0.103. The molecule has 1 aromatic carbocycles. The van der Waals surface area contributed by atoms with Crippen LogP contribution >= 0.6 is 0 Å². The summed E-state index contributed by atoms with van der Waals surface area (Å²) in [5.41, 5.74) is 8.37. The Kier molecular flexibility index (Phi) is 16.7. The third-order valence-electron chi connectivity index (χ3n) is 7.55. The molecule has 6 rings (SSSR count). The number of carbonyl (C=O) groups excluding carboxylic acids is 2. The van der Waals surface area contributed by atoms with Crippen molar-refractivity contribution in [2.45, 2.75) is 66.8 Å². The van der Waals surface area contributed by atoms with Crippen LogP contribution in [0.2, 0.25) is 0 Å². The molecule has 0 radical (unpaired) electrons. The van der Waals surface area contributed by atoms with Gasteiger partial charge in [-0.15, -0.1) is 6.42 Å². The van der Waals surface area contributed by atoms with Gasteiger partial charge >= 0.3 is 0 Å². The number of rotatable bonds is 9. The van der Waals surface area contributed by atoms with Gasteiger partial charge in [-0.25, -0.2) is 0 Å². The first-order valence-electron chi connectivity index (χ1n) is 16.8. The molecule has 260 valence electrons. The average molecular weight is 661 g/mol. The van der Waals surface area contributed by atoms with Crippen LogP contribution < -0.4 is 10.6 Å². The van der Waals surface area contributed by atoms with Crippen LogP contribution in [0.25, 0.3) is 0 Å². The summed E-state index contributed by atoms with van der Waals surface area (Å²) < 4.78 is 0. The zero-order valence-electron chi connectivity index (χ0n) is 30.0. The summed E-state index contributed by atoms with van der Waals surface area (Å²) in [6.07, 6.45) is 28.2. The monoisotopic (exact) mass is 660 g/mol. The number of terminal acetylenes is 1. The van der Waals surface area contributed by atoms with Gasteiger partial charge in [-0.1, -0.05) is 70.6 Å². The van der Waals surface area contributed by atoms with Crippen molar-refractivity contribution < 1.29 is 13.9 Å². The summed E-state index contributed by atoms with van der Waals surface area (Å²) in [6, 6.07) is 12.8. The second-order valence-corrected chi connectivity index (χ2v) is 10.8. The molecular formula is C43H56N4O2. The lowest BCUT2D eigenvalue weighted by molar-refractivity contribution is 0.101. The van der Waals surface area contributed by atoms with Gasteiger partial charge in [-0.2, -0.15) is 0 Å². The van der Waals surface area contributed by atoms with Crippen molar-refractivity contribution in [2.75, 3.05) is 11.9 Å². The maximum Gasteiger partial charge on any atom is 0.188 e. The average Bonchev–Trinajstić information content (AvgIpc) is 3.59. The molecule has 0 amide bonds. The predicted octanol–water partition coefficient (Wildman–Crippen LogP) is 10.2. The fraction of sp³-hybridized carbons (Fsp3) is 0.256. The molecule has 6 heteroatoms. The molecule has 49 heavy (non-hydrogen) atoms. The van der Waals surface area contributed by atoms with E-state index in [1.54, 1.807) is 49.1 Å². The number of dihydropyridines is 1. The van der Waals surface area contributed by atoms with Crippen molar-refractivity contribution in [2.24, 2.45) is 0 Å². The Balaban J connectivity index is 0. The van der Waals surface area contributed by atoms with Crippen LogP contribution in [0.1, 0.15) is 91.0 Å². The number of pyridine rings is 2. The molecule has 0 atom stereocenters. The lowest BCUT2D eigenvalue weighted by Crippen LogP contribution is -2.27. The van der Waals surface area contributed by atoms with Gasteiger partial charge in [-0.05, 0) is 103 Å². The predicted molar refractivity (Wildman–Crippen MR) is 212 cm³/mol. The third kappa shape index (κ3) is 11.3. The van der Waals surface area contributed by atoms with Crippen LogP contribution in [-0.2, 0) is 6.42 Å². The summed E-state index contributed by atoms with van der Waals surface area (Å²) in [5.74, 6) is 2.75. The van der Waals surface area contributed by atoms with Gasteiger partial charge in [-0.3, -0.25) is 19.6 Å². The molecule has 0 saturated carbocycles. The first-order chi connectivity index (χ1) is 23.8. The molecule has 0 unspecified atom stereocenters. The van der Waals surface area contributed by atoms with Crippen LogP contribution in [0.15, 0.2) is 139 Å². The summed E-state index contributed by atoms with van der Waals surface area (Å²) in [4.78, 5) is 31.1. The number of nitrogens with one attached hydrogen (secondary N) is 2. The van der Waals surface area contributed by atoms with Crippen molar-refractivity contribution in [3.63, 3.8) is 0 Å². The lowest BCUT2D eigenvalue weighted by atomic mass is 9.95. The topological polar surface area (TPSA) is 84.0 Å². The molecular weight excluding hydrogens is 604 g/mol. The molecule has 2 N–H and O–H groups in total. The minimum atomic E-state index is -0.165. The van der Waals surface area contributed by atoms with Crippen LogP contribution in [-0.4, -0.2) is 33.6 Å². The Morgan fingerprint density at radius 2 is 1.51 bits per heavy atom. The van der Waals surface area contributed by atoms with Gasteiger partial charge in [0.15, 0.2) is 11.6 Å². The second-order valence-electron chi connectivity index (χ2n) is 10.8. The lowest BCUT2D eigenvalue weighted by Gasteiger charge is -2.24. The number of hydrogen-bond donors (Lipinski definition) is 2. The molecule has 0 saturated heterocycles. The number of hydrogen-bond acceptors (Lipinski definition) is 6. The Labute approximate surface area is 298 Å². The van der Waals surface area contributed by atoms with Gasteiger partial charge in [0.1, 0.15) is 0 Å².